The van der Waals surface area contributed by atoms with Gasteiger partial charge in [-0.2, -0.15) is 0 Å². The number of carboxylic acid groups (broad SMARTS) is 1. The fourth-order valence-corrected chi connectivity index (χ4v) is 4.82. The number of anilines is 1. The molecule has 182 valence electrons. The average molecular weight is 474 g/mol. The van der Waals surface area contributed by atoms with E-state index in [9.17, 15) is 14.7 Å². The van der Waals surface area contributed by atoms with Gasteiger partial charge in [0.05, 0.1) is 11.8 Å². The van der Waals surface area contributed by atoms with Crippen LogP contribution in [-0.4, -0.2) is 23.8 Å². The topological polar surface area (TPSA) is 84.9 Å². The predicted molar refractivity (Wildman–Crippen MR) is 136 cm³/mol. The van der Waals surface area contributed by atoms with Gasteiger partial charge in [0.2, 0.25) is 12.7 Å². The number of carbonyl (C=O) groups is 2. The van der Waals surface area contributed by atoms with Gasteiger partial charge in [-0.15, -0.1) is 0 Å². The molecule has 0 saturated heterocycles. The normalized spacial score (nSPS) is 16.0. The molecule has 1 amide bonds. The van der Waals surface area contributed by atoms with Crippen LogP contribution in [0, 0.1) is 13.8 Å². The van der Waals surface area contributed by atoms with Crippen LogP contribution < -0.4 is 14.8 Å². The summed E-state index contributed by atoms with van der Waals surface area (Å²) in [6.45, 7) is 6.23. The molecule has 1 atom stereocenters. The number of hydrogen-bond donors (Lipinski definition) is 2. The molecule has 2 aliphatic rings. The van der Waals surface area contributed by atoms with Gasteiger partial charge in [0.15, 0.2) is 11.5 Å². The minimum absolute atomic E-state index is 0. The predicted octanol–water partition coefficient (Wildman–Crippen LogP) is 6.19. The molecule has 6 heteroatoms. The molecule has 0 radical (unpaired) electrons. The number of amides is 1. The highest BCUT2D eigenvalue weighted by molar-refractivity contribution is 6.02. The second kappa shape index (κ2) is 8.77. The molecule has 1 unspecified atom stereocenters. The summed E-state index contributed by atoms with van der Waals surface area (Å²) in [5, 5.41) is 12.3. The second-order valence-electron chi connectivity index (χ2n) is 9.71. The third-order valence-corrected chi connectivity index (χ3v) is 7.21. The Morgan fingerprint density at radius 2 is 1.66 bits per heavy atom. The first-order valence-electron chi connectivity index (χ1n) is 11.9. The monoisotopic (exact) mass is 473 g/mol. The largest absolute Gasteiger partial charge is 0.481 e. The lowest BCUT2D eigenvalue weighted by atomic mass is 9.90. The van der Waals surface area contributed by atoms with Crippen molar-refractivity contribution in [3.63, 3.8) is 0 Å². The van der Waals surface area contributed by atoms with E-state index in [1.165, 1.54) is 0 Å². The Bertz CT molecular complexity index is 1330. The lowest BCUT2D eigenvalue weighted by molar-refractivity contribution is -0.137. The van der Waals surface area contributed by atoms with Crippen molar-refractivity contribution in [3.8, 4) is 22.6 Å². The van der Waals surface area contributed by atoms with E-state index in [0.717, 1.165) is 51.9 Å². The van der Waals surface area contributed by atoms with E-state index in [-0.39, 0.29) is 26.5 Å². The summed E-state index contributed by atoms with van der Waals surface area (Å²) in [4.78, 5) is 24.6. The highest BCUT2D eigenvalue weighted by Crippen LogP contribution is 2.51. The Balaban J connectivity index is 0.00000304. The van der Waals surface area contributed by atoms with E-state index >= 15 is 0 Å². The van der Waals surface area contributed by atoms with Crippen LogP contribution in [-0.2, 0) is 15.0 Å². The molecule has 0 bridgehead atoms. The maximum atomic E-state index is 13.4. The molecule has 1 aliphatic carbocycles. The van der Waals surface area contributed by atoms with Gasteiger partial charge in [0, 0.05) is 7.11 Å². The highest BCUT2D eigenvalue weighted by atomic mass is 16.7. The van der Waals surface area contributed by atoms with Crippen molar-refractivity contribution < 1.29 is 25.6 Å². The van der Waals surface area contributed by atoms with Crippen LogP contribution in [0.2, 0.25) is 0 Å². The first-order chi connectivity index (χ1) is 16.8. The molecule has 3 aromatic rings. The van der Waals surface area contributed by atoms with Crippen LogP contribution in [0.4, 0.5) is 5.69 Å². The number of ether oxygens (including phenoxy) is 2. The molecule has 1 saturated carbocycles. The molecule has 0 spiro atoms. The summed E-state index contributed by atoms with van der Waals surface area (Å²) in [6, 6.07) is 17.8. The van der Waals surface area contributed by atoms with Gasteiger partial charge >= 0.3 is 5.97 Å². The zero-order valence-corrected chi connectivity index (χ0v) is 20.2. The lowest BCUT2D eigenvalue weighted by Gasteiger charge is -2.18. The van der Waals surface area contributed by atoms with E-state index in [1.807, 2.05) is 69.3 Å². The second-order valence-corrected chi connectivity index (χ2v) is 9.71. The third-order valence-electron chi connectivity index (χ3n) is 7.21. The fourth-order valence-electron chi connectivity index (χ4n) is 4.82. The number of aliphatic carboxylic acids is 1. The molecular weight excluding hydrogens is 442 g/mol. The van der Waals surface area contributed by atoms with Gasteiger partial charge < -0.3 is 19.9 Å². The minimum atomic E-state index is -0.808. The summed E-state index contributed by atoms with van der Waals surface area (Å²) in [5.74, 6) is 0.477. The lowest BCUT2D eigenvalue weighted by Crippen LogP contribution is -2.27. The van der Waals surface area contributed by atoms with E-state index in [2.05, 4.69) is 11.4 Å². The molecular formula is C29H31NO5. The van der Waals surface area contributed by atoms with Gasteiger partial charge in [-0.3, -0.25) is 9.59 Å². The molecule has 1 aliphatic heterocycles. The SMILES string of the molecule is Cc1ccc(NC(=O)C2(c3ccc4c(c3)OCO4)CC2)cc1-c1cc(C(C)CC(=O)O)ccc1C.[HH]. The van der Waals surface area contributed by atoms with E-state index in [0.29, 0.717) is 11.5 Å². The number of carbonyl (C=O) groups excluding carboxylic acids is 1. The van der Waals surface area contributed by atoms with Crippen molar-refractivity contribution >= 4 is 17.6 Å². The van der Waals surface area contributed by atoms with Gasteiger partial charge in [-0.1, -0.05) is 37.3 Å². The van der Waals surface area contributed by atoms with Crippen LogP contribution in [0.5, 0.6) is 11.5 Å². The van der Waals surface area contributed by atoms with Gasteiger partial charge in [-0.05, 0) is 90.3 Å². The molecule has 1 heterocycles. The molecule has 2 N–H and O–H groups in total. The number of carboxylic acids is 1. The van der Waals surface area contributed by atoms with Crippen molar-refractivity contribution in [1.82, 2.24) is 0 Å². The molecule has 6 nitrogen and oxygen atoms in total. The first kappa shape index (κ1) is 23.0. The van der Waals surface area contributed by atoms with Crippen LogP contribution in [0.3, 0.4) is 0 Å². The fraction of sp³-hybridized carbons (Fsp3) is 0.310. The van der Waals surface area contributed by atoms with Crippen molar-refractivity contribution in [3.05, 3.63) is 76.9 Å². The number of aryl methyl sites for hydroxylation is 2. The van der Waals surface area contributed by atoms with Crippen LogP contribution in [0.25, 0.3) is 11.1 Å². The highest BCUT2D eigenvalue weighted by Gasteiger charge is 2.51. The summed E-state index contributed by atoms with van der Waals surface area (Å²) in [5.41, 5.74) is 6.39. The Morgan fingerprint density at radius 1 is 0.971 bits per heavy atom. The minimum Gasteiger partial charge on any atom is -0.481 e. The molecule has 3 aromatic carbocycles. The van der Waals surface area contributed by atoms with E-state index < -0.39 is 11.4 Å². The Labute approximate surface area is 206 Å². The summed E-state index contributed by atoms with van der Waals surface area (Å²) >= 11 is 0. The van der Waals surface area contributed by atoms with Gasteiger partial charge in [-0.25, -0.2) is 0 Å². The van der Waals surface area contributed by atoms with Crippen LogP contribution >= 0.6 is 0 Å². The standard InChI is InChI=1S/C29H29NO5.H2/c1-17-4-6-20(19(3)12-27(31)32)13-23(17)24-15-22(8-5-18(24)2)30-28(33)29(10-11-29)21-7-9-25-26(14-21)35-16-34-25;/h4-9,13-15,19H,10-12,16H2,1-3H3,(H,30,33)(H,31,32);1H. The number of nitrogens with one attached hydrogen (secondary N) is 1. The molecule has 1 fully saturated rings. The van der Waals surface area contributed by atoms with E-state index in [1.54, 1.807) is 0 Å². The first-order valence-corrected chi connectivity index (χ1v) is 11.9. The number of fused-ring (bicyclic) bond motifs is 1. The van der Waals surface area contributed by atoms with Gasteiger partial charge in [0.25, 0.3) is 0 Å². The Kier molecular flexibility index (Phi) is 5.75. The molecule has 0 aromatic heterocycles. The number of benzene rings is 3. The van der Waals surface area contributed by atoms with Crippen molar-refractivity contribution in [1.29, 1.82) is 0 Å². The Hall–Kier alpha value is -3.80. The summed E-state index contributed by atoms with van der Waals surface area (Å²) < 4.78 is 10.9. The smallest absolute Gasteiger partial charge is 0.303 e. The zero-order valence-electron chi connectivity index (χ0n) is 20.2. The Morgan fingerprint density at radius 3 is 2.37 bits per heavy atom. The number of hydrogen-bond acceptors (Lipinski definition) is 4. The molecule has 5 rings (SSSR count). The maximum Gasteiger partial charge on any atom is 0.303 e. The van der Waals surface area contributed by atoms with Crippen LogP contribution in [0.1, 0.15) is 55.8 Å². The summed E-state index contributed by atoms with van der Waals surface area (Å²) in [7, 11) is 0. The van der Waals surface area contributed by atoms with Crippen molar-refractivity contribution in [2.75, 3.05) is 12.1 Å². The summed E-state index contributed by atoms with van der Waals surface area (Å²) in [6.07, 6.45) is 1.67. The van der Waals surface area contributed by atoms with Crippen molar-refractivity contribution in [2.45, 2.75) is 51.4 Å². The van der Waals surface area contributed by atoms with Crippen molar-refractivity contribution in [2.24, 2.45) is 0 Å². The van der Waals surface area contributed by atoms with Crippen LogP contribution in [0.15, 0.2) is 54.6 Å². The van der Waals surface area contributed by atoms with Gasteiger partial charge in [0.1, 0.15) is 0 Å². The number of rotatable bonds is 7. The third kappa shape index (κ3) is 4.36. The van der Waals surface area contributed by atoms with E-state index in [4.69, 9.17) is 9.47 Å². The maximum absolute atomic E-state index is 13.4. The quantitative estimate of drug-likeness (QED) is 0.427. The molecule has 35 heavy (non-hydrogen) atoms. The zero-order chi connectivity index (χ0) is 24.7. The average Bonchev–Trinajstić information content (AvgIpc) is 3.51.